The van der Waals surface area contributed by atoms with E-state index in [9.17, 15) is 5.11 Å². The van der Waals surface area contributed by atoms with Gasteiger partial charge in [0.25, 0.3) is 0 Å². The molecule has 0 aliphatic carbocycles. The van der Waals surface area contributed by atoms with E-state index in [4.69, 9.17) is 16.0 Å². The Kier molecular flexibility index (Phi) is 3.27. The first-order valence-electron chi connectivity index (χ1n) is 5.50. The molecule has 1 atom stereocenters. The highest BCUT2D eigenvalue weighted by molar-refractivity contribution is 6.31. The molecule has 2 aromatic rings. The van der Waals surface area contributed by atoms with Gasteiger partial charge in [-0.25, -0.2) is 0 Å². The molecule has 0 saturated carbocycles. The summed E-state index contributed by atoms with van der Waals surface area (Å²) in [5, 5.41) is 10.9. The Morgan fingerprint density at radius 3 is 2.41 bits per heavy atom. The lowest BCUT2D eigenvalue weighted by Crippen LogP contribution is -2.00. The molecule has 0 amide bonds. The minimum Gasteiger partial charge on any atom is -0.466 e. The minimum atomic E-state index is -0.689. The average Bonchev–Trinajstić information content (AvgIpc) is 2.61. The van der Waals surface area contributed by atoms with E-state index in [1.165, 1.54) is 0 Å². The van der Waals surface area contributed by atoms with Gasteiger partial charge in [0.2, 0.25) is 0 Å². The van der Waals surface area contributed by atoms with Gasteiger partial charge in [-0.15, -0.1) is 0 Å². The highest BCUT2D eigenvalue weighted by atomic mass is 35.5. The van der Waals surface area contributed by atoms with Gasteiger partial charge in [0, 0.05) is 10.6 Å². The zero-order chi connectivity index (χ0) is 12.6. The number of hydrogen-bond donors (Lipinski definition) is 1. The van der Waals surface area contributed by atoms with Gasteiger partial charge in [-0.2, -0.15) is 0 Å². The van der Waals surface area contributed by atoms with Crippen LogP contribution in [0.5, 0.6) is 0 Å². The lowest BCUT2D eigenvalue weighted by Gasteiger charge is -2.11. The molecule has 2 nitrogen and oxygen atoms in total. The zero-order valence-electron chi connectivity index (χ0n) is 10.1. The number of aliphatic hydroxyl groups excluding tert-OH is 1. The van der Waals surface area contributed by atoms with E-state index < -0.39 is 6.10 Å². The number of aryl methyl sites for hydroxylation is 3. The molecule has 1 heterocycles. The smallest absolute Gasteiger partial charge is 0.107 e. The topological polar surface area (TPSA) is 33.4 Å². The molecule has 90 valence electrons. The van der Waals surface area contributed by atoms with E-state index in [1.807, 2.05) is 39.0 Å². The molecule has 1 aromatic heterocycles. The summed E-state index contributed by atoms with van der Waals surface area (Å²) in [5.74, 6) is 1.54. The fourth-order valence-electron chi connectivity index (χ4n) is 1.88. The Hall–Kier alpha value is -1.25. The molecule has 0 aliphatic rings. The van der Waals surface area contributed by atoms with Gasteiger partial charge in [-0.3, -0.25) is 0 Å². The number of furan rings is 1. The van der Waals surface area contributed by atoms with Crippen LogP contribution in [0.25, 0.3) is 0 Å². The number of aliphatic hydroxyl groups is 1. The van der Waals surface area contributed by atoms with Crippen molar-refractivity contribution in [1.82, 2.24) is 0 Å². The third kappa shape index (κ3) is 2.38. The van der Waals surface area contributed by atoms with Gasteiger partial charge in [-0.05, 0) is 44.0 Å². The molecule has 0 fully saturated rings. The molecule has 0 radical (unpaired) electrons. The Morgan fingerprint density at radius 1 is 1.18 bits per heavy atom. The second-order valence-electron chi connectivity index (χ2n) is 4.28. The molecule has 0 saturated heterocycles. The largest absolute Gasteiger partial charge is 0.466 e. The van der Waals surface area contributed by atoms with Crippen molar-refractivity contribution in [2.45, 2.75) is 26.9 Å². The van der Waals surface area contributed by atoms with Crippen LogP contribution in [0.2, 0.25) is 5.02 Å². The maximum absolute atomic E-state index is 10.3. The molecule has 0 aliphatic heterocycles. The number of hydrogen-bond acceptors (Lipinski definition) is 2. The molecule has 1 aromatic carbocycles. The standard InChI is InChI=1S/C14H15ClO2/c1-8-4-5-11(7-13(8)15)14(16)12-6-9(2)17-10(12)3/h4-7,14,16H,1-3H3. The van der Waals surface area contributed by atoms with Crippen LogP contribution in [-0.2, 0) is 0 Å². The second-order valence-corrected chi connectivity index (χ2v) is 4.69. The molecular weight excluding hydrogens is 236 g/mol. The summed E-state index contributed by atoms with van der Waals surface area (Å²) in [5.41, 5.74) is 2.58. The summed E-state index contributed by atoms with van der Waals surface area (Å²) in [7, 11) is 0. The van der Waals surface area contributed by atoms with E-state index in [1.54, 1.807) is 6.07 Å². The van der Waals surface area contributed by atoms with E-state index >= 15 is 0 Å². The predicted octanol–water partition coefficient (Wildman–Crippen LogP) is 3.94. The predicted molar refractivity (Wildman–Crippen MR) is 68.4 cm³/mol. The third-order valence-corrected chi connectivity index (χ3v) is 3.29. The van der Waals surface area contributed by atoms with E-state index in [-0.39, 0.29) is 0 Å². The Bertz CT molecular complexity index is 543. The normalized spacial score (nSPS) is 12.8. The summed E-state index contributed by atoms with van der Waals surface area (Å²) in [6.45, 7) is 5.65. The zero-order valence-corrected chi connectivity index (χ0v) is 10.9. The SMILES string of the molecule is Cc1cc(C(O)c2ccc(C)c(Cl)c2)c(C)o1. The van der Waals surface area contributed by atoms with Crippen LogP contribution in [0, 0.1) is 20.8 Å². The van der Waals surface area contributed by atoms with Crippen molar-refractivity contribution in [3.8, 4) is 0 Å². The molecule has 17 heavy (non-hydrogen) atoms. The third-order valence-electron chi connectivity index (χ3n) is 2.89. The van der Waals surface area contributed by atoms with Crippen LogP contribution < -0.4 is 0 Å². The van der Waals surface area contributed by atoms with E-state index in [2.05, 4.69) is 0 Å². The van der Waals surface area contributed by atoms with Crippen molar-refractivity contribution >= 4 is 11.6 Å². The Labute approximate surface area is 106 Å². The average molecular weight is 251 g/mol. The van der Waals surface area contributed by atoms with Crippen molar-refractivity contribution in [3.63, 3.8) is 0 Å². The van der Waals surface area contributed by atoms with Crippen LogP contribution in [-0.4, -0.2) is 5.11 Å². The van der Waals surface area contributed by atoms with E-state index in [0.717, 1.165) is 28.2 Å². The monoisotopic (exact) mass is 250 g/mol. The summed E-state index contributed by atoms with van der Waals surface area (Å²) < 4.78 is 5.42. The summed E-state index contributed by atoms with van der Waals surface area (Å²) in [4.78, 5) is 0. The molecule has 2 rings (SSSR count). The van der Waals surface area contributed by atoms with Crippen molar-refractivity contribution in [2.24, 2.45) is 0 Å². The van der Waals surface area contributed by atoms with Crippen LogP contribution in [0.4, 0.5) is 0 Å². The molecule has 1 N–H and O–H groups in total. The molecular formula is C14H15ClO2. The Morgan fingerprint density at radius 2 is 1.88 bits per heavy atom. The summed E-state index contributed by atoms with van der Waals surface area (Å²) in [6, 6.07) is 7.44. The lowest BCUT2D eigenvalue weighted by molar-refractivity contribution is 0.218. The number of rotatable bonds is 2. The molecule has 3 heteroatoms. The van der Waals surface area contributed by atoms with Crippen LogP contribution >= 0.6 is 11.6 Å². The molecule has 0 bridgehead atoms. The first kappa shape index (κ1) is 12.2. The van der Waals surface area contributed by atoms with Crippen molar-refractivity contribution in [1.29, 1.82) is 0 Å². The first-order valence-corrected chi connectivity index (χ1v) is 5.88. The van der Waals surface area contributed by atoms with Gasteiger partial charge in [0.05, 0.1) is 0 Å². The van der Waals surface area contributed by atoms with Gasteiger partial charge in [-0.1, -0.05) is 23.7 Å². The number of benzene rings is 1. The minimum absolute atomic E-state index is 0.666. The highest BCUT2D eigenvalue weighted by Crippen LogP contribution is 2.29. The van der Waals surface area contributed by atoms with Crippen molar-refractivity contribution in [2.75, 3.05) is 0 Å². The fraction of sp³-hybridized carbons (Fsp3) is 0.286. The van der Waals surface area contributed by atoms with Crippen molar-refractivity contribution in [3.05, 3.63) is 57.5 Å². The van der Waals surface area contributed by atoms with Crippen molar-refractivity contribution < 1.29 is 9.52 Å². The van der Waals surface area contributed by atoms with Gasteiger partial charge in [0.15, 0.2) is 0 Å². The van der Waals surface area contributed by atoms with Gasteiger partial charge < -0.3 is 9.52 Å². The van der Waals surface area contributed by atoms with Gasteiger partial charge in [0.1, 0.15) is 17.6 Å². The fourth-order valence-corrected chi connectivity index (χ4v) is 2.07. The van der Waals surface area contributed by atoms with Crippen LogP contribution in [0.3, 0.4) is 0 Å². The maximum atomic E-state index is 10.3. The second kappa shape index (κ2) is 4.55. The summed E-state index contributed by atoms with van der Waals surface area (Å²) in [6.07, 6.45) is -0.689. The Balaban J connectivity index is 2.40. The quantitative estimate of drug-likeness (QED) is 0.876. The van der Waals surface area contributed by atoms with Crippen LogP contribution in [0.15, 0.2) is 28.7 Å². The maximum Gasteiger partial charge on any atom is 0.107 e. The van der Waals surface area contributed by atoms with Crippen LogP contribution in [0.1, 0.15) is 34.3 Å². The summed E-state index contributed by atoms with van der Waals surface area (Å²) >= 11 is 6.06. The lowest BCUT2D eigenvalue weighted by atomic mass is 10.0. The highest BCUT2D eigenvalue weighted by Gasteiger charge is 2.16. The van der Waals surface area contributed by atoms with E-state index in [0.29, 0.717) is 5.02 Å². The first-order chi connectivity index (χ1) is 7.99. The number of halogens is 1. The molecule has 0 spiro atoms. The van der Waals surface area contributed by atoms with Gasteiger partial charge >= 0.3 is 0 Å². The molecule has 1 unspecified atom stereocenters.